The number of rotatable bonds is 7. The topological polar surface area (TPSA) is 125 Å². The van der Waals surface area contributed by atoms with Gasteiger partial charge in [-0.1, -0.05) is 6.42 Å². The Bertz CT molecular complexity index is 397. The fourth-order valence-electron chi connectivity index (χ4n) is 1.82. The monoisotopic (exact) mass is 285 g/mol. The van der Waals surface area contributed by atoms with Crippen LogP contribution in [0.4, 0.5) is 4.79 Å². The molecule has 8 heteroatoms. The van der Waals surface area contributed by atoms with E-state index in [0.717, 1.165) is 0 Å². The highest BCUT2D eigenvalue weighted by atomic mass is 16.4. The molecule has 0 aromatic heterocycles. The number of piperidine rings is 1. The molecular weight excluding hydrogens is 266 g/mol. The third-order valence-electron chi connectivity index (χ3n) is 2.90. The first-order chi connectivity index (χ1) is 9.49. The van der Waals surface area contributed by atoms with Crippen LogP contribution < -0.4 is 16.0 Å². The zero-order valence-corrected chi connectivity index (χ0v) is 11.1. The third-order valence-corrected chi connectivity index (χ3v) is 2.90. The molecule has 0 aromatic carbocycles. The molecule has 1 unspecified atom stereocenters. The quantitative estimate of drug-likeness (QED) is 0.379. The third kappa shape index (κ3) is 6.17. The maximum Gasteiger partial charge on any atom is 0.315 e. The molecule has 0 radical (unpaired) electrons. The molecule has 1 rings (SSSR count). The molecule has 1 heterocycles. The van der Waals surface area contributed by atoms with Crippen molar-refractivity contribution >= 4 is 23.8 Å². The van der Waals surface area contributed by atoms with E-state index in [9.17, 15) is 19.2 Å². The van der Waals surface area contributed by atoms with E-state index >= 15 is 0 Å². The first-order valence-corrected chi connectivity index (χ1v) is 6.59. The van der Waals surface area contributed by atoms with Crippen molar-refractivity contribution in [3.05, 3.63) is 0 Å². The Kier molecular flexibility index (Phi) is 6.48. The molecular formula is C12H19N3O5. The van der Waals surface area contributed by atoms with Crippen LogP contribution in [-0.4, -0.2) is 41.5 Å². The SMILES string of the molecule is O=C(O)CCCCCNC(=O)NC1CCC(=O)NC1=O. The van der Waals surface area contributed by atoms with Crippen LogP contribution in [0.5, 0.6) is 0 Å². The molecule has 0 bridgehead atoms. The second kappa shape index (κ2) is 8.13. The Morgan fingerprint density at radius 1 is 1.25 bits per heavy atom. The summed E-state index contributed by atoms with van der Waals surface area (Å²) in [5.74, 6) is -1.64. The number of urea groups is 1. The zero-order chi connectivity index (χ0) is 15.0. The average molecular weight is 285 g/mol. The highest BCUT2D eigenvalue weighted by Crippen LogP contribution is 2.04. The summed E-state index contributed by atoms with van der Waals surface area (Å²) in [6.07, 6.45) is 2.61. The van der Waals surface area contributed by atoms with Crippen LogP contribution >= 0.6 is 0 Å². The van der Waals surface area contributed by atoms with Crippen molar-refractivity contribution < 1.29 is 24.3 Å². The Hall–Kier alpha value is -2.12. The summed E-state index contributed by atoms with van der Waals surface area (Å²) in [7, 11) is 0. The van der Waals surface area contributed by atoms with Gasteiger partial charge in [-0.25, -0.2) is 4.79 Å². The summed E-state index contributed by atoms with van der Waals surface area (Å²) >= 11 is 0. The van der Waals surface area contributed by atoms with Crippen LogP contribution in [0.25, 0.3) is 0 Å². The number of carbonyl (C=O) groups excluding carboxylic acids is 3. The number of imide groups is 1. The van der Waals surface area contributed by atoms with Gasteiger partial charge in [0.1, 0.15) is 6.04 Å². The molecule has 112 valence electrons. The lowest BCUT2D eigenvalue weighted by Crippen LogP contribution is -2.54. The van der Waals surface area contributed by atoms with Gasteiger partial charge >= 0.3 is 12.0 Å². The number of amides is 4. The minimum Gasteiger partial charge on any atom is -0.481 e. The van der Waals surface area contributed by atoms with E-state index in [2.05, 4.69) is 16.0 Å². The van der Waals surface area contributed by atoms with Crippen molar-refractivity contribution in [1.82, 2.24) is 16.0 Å². The average Bonchev–Trinajstić information content (AvgIpc) is 2.36. The van der Waals surface area contributed by atoms with E-state index in [0.29, 0.717) is 32.2 Å². The lowest BCUT2D eigenvalue weighted by molar-refractivity contribution is -0.137. The van der Waals surface area contributed by atoms with Gasteiger partial charge in [0.05, 0.1) is 0 Å². The molecule has 1 atom stereocenters. The second-order valence-corrected chi connectivity index (χ2v) is 4.61. The molecule has 8 nitrogen and oxygen atoms in total. The highest BCUT2D eigenvalue weighted by Gasteiger charge is 2.27. The lowest BCUT2D eigenvalue weighted by atomic mass is 10.1. The Labute approximate surface area is 116 Å². The number of unbranched alkanes of at least 4 members (excludes halogenated alkanes) is 2. The first-order valence-electron chi connectivity index (χ1n) is 6.59. The van der Waals surface area contributed by atoms with Gasteiger partial charge in [-0.05, 0) is 19.3 Å². The maximum atomic E-state index is 11.5. The minimum absolute atomic E-state index is 0.127. The predicted octanol–water partition coefficient (Wildman–Crippen LogP) is -0.264. The zero-order valence-electron chi connectivity index (χ0n) is 11.1. The summed E-state index contributed by atoms with van der Waals surface area (Å²) in [5, 5.41) is 15.7. The smallest absolute Gasteiger partial charge is 0.315 e. The van der Waals surface area contributed by atoms with E-state index in [-0.39, 0.29) is 18.7 Å². The van der Waals surface area contributed by atoms with Crippen molar-refractivity contribution in [1.29, 1.82) is 0 Å². The van der Waals surface area contributed by atoms with Gasteiger partial charge in [-0.3, -0.25) is 19.7 Å². The molecule has 1 fully saturated rings. The summed E-state index contributed by atoms with van der Waals surface area (Å²) < 4.78 is 0. The molecule has 0 spiro atoms. The molecule has 4 amide bonds. The first kappa shape index (κ1) is 15.9. The Balaban J connectivity index is 2.10. The standard InChI is InChI=1S/C12H19N3O5/c16-9-6-5-8(11(19)15-9)14-12(20)13-7-3-1-2-4-10(17)18/h8H,1-7H2,(H,17,18)(H2,13,14,20)(H,15,16,19). The molecule has 0 saturated carbocycles. The van der Waals surface area contributed by atoms with Crippen molar-refractivity contribution in [2.75, 3.05) is 6.54 Å². The molecule has 20 heavy (non-hydrogen) atoms. The van der Waals surface area contributed by atoms with Crippen LogP contribution in [0.2, 0.25) is 0 Å². The summed E-state index contributed by atoms with van der Waals surface area (Å²) in [6, 6.07) is -1.14. The van der Waals surface area contributed by atoms with Crippen LogP contribution in [0.3, 0.4) is 0 Å². The summed E-state index contributed by atoms with van der Waals surface area (Å²) in [6.45, 7) is 0.415. The number of carboxylic acid groups (broad SMARTS) is 1. The van der Waals surface area contributed by atoms with Crippen molar-refractivity contribution in [3.8, 4) is 0 Å². The fourth-order valence-corrected chi connectivity index (χ4v) is 1.82. The van der Waals surface area contributed by atoms with Crippen LogP contribution in [0.15, 0.2) is 0 Å². The summed E-state index contributed by atoms with van der Waals surface area (Å²) in [4.78, 5) is 44.1. The van der Waals surface area contributed by atoms with E-state index in [1.54, 1.807) is 0 Å². The molecule has 1 aliphatic heterocycles. The van der Waals surface area contributed by atoms with Crippen LogP contribution in [0.1, 0.15) is 38.5 Å². The van der Waals surface area contributed by atoms with Crippen molar-refractivity contribution in [2.24, 2.45) is 0 Å². The van der Waals surface area contributed by atoms with Gasteiger partial charge in [0.15, 0.2) is 0 Å². The van der Waals surface area contributed by atoms with E-state index in [1.165, 1.54) is 0 Å². The molecule has 0 aromatic rings. The van der Waals surface area contributed by atoms with Gasteiger partial charge in [0.25, 0.3) is 0 Å². The molecule has 0 aliphatic carbocycles. The number of nitrogens with one attached hydrogen (secondary N) is 3. The minimum atomic E-state index is -0.825. The lowest BCUT2D eigenvalue weighted by Gasteiger charge is -2.21. The van der Waals surface area contributed by atoms with Gasteiger partial charge in [-0.15, -0.1) is 0 Å². The molecule has 4 N–H and O–H groups in total. The molecule has 1 saturated heterocycles. The predicted molar refractivity (Wildman–Crippen MR) is 68.8 cm³/mol. The number of carboxylic acids is 1. The normalized spacial score (nSPS) is 18.3. The van der Waals surface area contributed by atoms with Crippen LogP contribution in [0, 0.1) is 0 Å². The van der Waals surface area contributed by atoms with Gasteiger partial charge in [0, 0.05) is 19.4 Å². The van der Waals surface area contributed by atoms with Gasteiger partial charge in [0.2, 0.25) is 11.8 Å². The van der Waals surface area contributed by atoms with E-state index < -0.39 is 23.9 Å². The second-order valence-electron chi connectivity index (χ2n) is 4.61. The van der Waals surface area contributed by atoms with Gasteiger partial charge in [-0.2, -0.15) is 0 Å². The van der Waals surface area contributed by atoms with Gasteiger partial charge < -0.3 is 15.7 Å². The number of carbonyl (C=O) groups is 4. The number of aliphatic carboxylic acids is 1. The maximum absolute atomic E-state index is 11.5. The van der Waals surface area contributed by atoms with Crippen molar-refractivity contribution in [3.63, 3.8) is 0 Å². The Morgan fingerprint density at radius 2 is 2.00 bits per heavy atom. The van der Waals surface area contributed by atoms with E-state index in [1.807, 2.05) is 0 Å². The fraction of sp³-hybridized carbons (Fsp3) is 0.667. The summed E-state index contributed by atoms with van der Waals surface area (Å²) in [5.41, 5.74) is 0. The highest BCUT2D eigenvalue weighted by molar-refractivity contribution is 6.01. The number of hydrogen-bond donors (Lipinski definition) is 4. The van der Waals surface area contributed by atoms with Crippen LogP contribution in [-0.2, 0) is 14.4 Å². The molecule has 1 aliphatic rings. The van der Waals surface area contributed by atoms with Crippen molar-refractivity contribution in [2.45, 2.75) is 44.6 Å². The Morgan fingerprint density at radius 3 is 2.65 bits per heavy atom. The largest absolute Gasteiger partial charge is 0.481 e. The van der Waals surface area contributed by atoms with E-state index in [4.69, 9.17) is 5.11 Å². The number of hydrogen-bond acceptors (Lipinski definition) is 4.